The fourth-order valence-corrected chi connectivity index (χ4v) is 8.20. The first kappa shape index (κ1) is 37.8. The Bertz CT molecular complexity index is 2470. The first-order valence-electron chi connectivity index (χ1n) is 20.1. The van der Waals surface area contributed by atoms with Gasteiger partial charge in [0, 0.05) is 23.6 Å². The van der Waals surface area contributed by atoms with Gasteiger partial charge >= 0.3 is 0 Å². The molecule has 0 amide bonds. The molecule has 57 heavy (non-hydrogen) atoms. The number of pyridine rings is 1. The Morgan fingerprint density at radius 2 is 0.982 bits per heavy atom. The van der Waals surface area contributed by atoms with E-state index in [1.807, 2.05) is 12.3 Å². The second-order valence-corrected chi connectivity index (χ2v) is 17.5. The molecule has 4 heteroatoms. The zero-order chi connectivity index (χ0) is 40.0. The van der Waals surface area contributed by atoms with Gasteiger partial charge in [-0.2, -0.15) is 0 Å². The van der Waals surface area contributed by atoms with Gasteiger partial charge in [0.2, 0.25) is 5.88 Å². The molecule has 6 aromatic carbocycles. The second-order valence-electron chi connectivity index (χ2n) is 17.5. The van der Waals surface area contributed by atoms with Crippen LogP contribution in [0.25, 0.3) is 0 Å². The van der Waals surface area contributed by atoms with Crippen molar-refractivity contribution in [1.82, 2.24) is 4.98 Å². The molecule has 1 aromatic heterocycles. The number of para-hydroxylation sites is 1. The molecule has 1 aliphatic heterocycles. The van der Waals surface area contributed by atoms with E-state index >= 15 is 0 Å². The molecule has 1 aliphatic rings. The molecule has 0 spiro atoms. The van der Waals surface area contributed by atoms with Crippen molar-refractivity contribution < 1.29 is 4.74 Å². The number of aromatic nitrogens is 1. The summed E-state index contributed by atoms with van der Waals surface area (Å²) in [6.07, 6.45) is 1.84. The number of fused-ring (bicyclic) bond motifs is 1. The molecule has 0 radical (unpaired) electrons. The highest BCUT2D eigenvalue weighted by Gasteiger charge is 2.40. The van der Waals surface area contributed by atoms with Crippen molar-refractivity contribution in [2.24, 2.45) is 0 Å². The third-order valence-electron chi connectivity index (χ3n) is 11.6. The van der Waals surface area contributed by atoms with E-state index in [2.05, 4.69) is 222 Å². The molecular weight excluding hydrogens is 695 g/mol. The largest absolute Gasteiger partial charge is 0.439 e. The molecule has 0 saturated carbocycles. The van der Waals surface area contributed by atoms with Crippen molar-refractivity contribution >= 4 is 22.7 Å². The van der Waals surface area contributed by atoms with E-state index in [4.69, 9.17) is 4.74 Å². The molecule has 0 aliphatic carbocycles. The molecule has 0 atom stereocenters. The van der Waals surface area contributed by atoms with Gasteiger partial charge in [0.1, 0.15) is 12.4 Å². The van der Waals surface area contributed by atoms with Crippen LogP contribution in [-0.4, -0.2) is 11.7 Å². The highest BCUT2D eigenvalue weighted by molar-refractivity contribution is 5.88. The standard InChI is InChI=1S/C53H53N3O/c1-37-29-48-49(30-38(37)2)56(36-55(48)45-24-16-11-17-25-45)46-32-43(52(6,7)8)31-44(33-46)53(39-19-12-9-13-20-39,40-21-14-10-15-22-40)42-23-18-26-47(34-42)57-50-35-41(27-28-54-50)51(3,4)5/h9-35H,36H2,1-8H3. The van der Waals surface area contributed by atoms with E-state index in [1.54, 1.807) is 0 Å². The number of aryl methyl sites for hydroxylation is 2. The van der Waals surface area contributed by atoms with Crippen molar-refractivity contribution in [1.29, 1.82) is 0 Å². The number of hydrogen-bond donors (Lipinski definition) is 0. The maximum atomic E-state index is 6.63. The van der Waals surface area contributed by atoms with E-state index in [0.717, 1.165) is 17.0 Å². The smallest absolute Gasteiger partial charge is 0.219 e. The molecule has 286 valence electrons. The van der Waals surface area contributed by atoms with Gasteiger partial charge in [-0.1, -0.05) is 139 Å². The van der Waals surface area contributed by atoms with Crippen LogP contribution in [-0.2, 0) is 16.2 Å². The van der Waals surface area contributed by atoms with Gasteiger partial charge in [0.15, 0.2) is 0 Å². The molecular formula is C53H53N3O. The van der Waals surface area contributed by atoms with Crippen molar-refractivity contribution in [3.05, 3.63) is 208 Å². The SMILES string of the molecule is Cc1cc2c(cc1C)N(c1cc(C(C)(C)C)cc(C(c3ccccc3)(c3ccccc3)c3cccc(Oc4cc(C(C)(C)C)ccn4)c3)c1)CN2c1ccccc1. The average molecular weight is 748 g/mol. The van der Waals surface area contributed by atoms with Crippen LogP contribution in [0.15, 0.2) is 164 Å². The Morgan fingerprint density at radius 1 is 0.456 bits per heavy atom. The third-order valence-corrected chi connectivity index (χ3v) is 11.6. The van der Waals surface area contributed by atoms with E-state index in [1.165, 1.54) is 56.0 Å². The average Bonchev–Trinajstić information content (AvgIpc) is 3.57. The van der Waals surface area contributed by atoms with Gasteiger partial charge in [-0.25, -0.2) is 4.98 Å². The van der Waals surface area contributed by atoms with Gasteiger partial charge in [0.05, 0.1) is 16.8 Å². The summed E-state index contributed by atoms with van der Waals surface area (Å²) in [5.74, 6) is 1.33. The number of rotatable bonds is 8. The molecule has 2 heterocycles. The van der Waals surface area contributed by atoms with Crippen LogP contribution in [0.2, 0.25) is 0 Å². The summed E-state index contributed by atoms with van der Waals surface area (Å²) in [7, 11) is 0. The van der Waals surface area contributed by atoms with Crippen molar-refractivity contribution in [2.45, 2.75) is 71.6 Å². The zero-order valence-electron chi connectivity index (χ0n) is 34.5. The predicted octanol–water partition coefficient (Wildman–Crippen LogP) is 13.7. The summed E-state index contributed by atoms with van der Waals surface area (Å²) in [4.78, 5) is 9.58. The normalized spacial score (nSPS) is 13.1. The minimum atomic E-state index is -0.705. The minimum Gasteiger partial charge on any atom is -0.439 e. The number of hydrogen-bond acceptors (Lipinski definition) is 4. The van der Waals surface area contributed by atoms with Crippen molar-refractivity contribution in [3.63, 3.8) is 0 Å². The molecule has 0 N–H and O–H groups in total. The fraction of sp³-hybridized carbons (Fsp3) is 0.226. The summed E-state index contributed by atoms with van der Waals surface area (Å²) in [5.41, 5.74) is 13.6. The number of nitrogens with zero attached hydrogens (tertiary/aromatic N) is 3. The molecule has 7 aromatic rings. The van der Waals surface area contributed by atoms with Crippen LogP contribution >= 0.6 is 0 Å². The van der Waals surface area contributed by atoms with E-state index in [9.17, 15) is 0 Å². The Balaban J connectivity index is 1.38. The lowest BCUT2D eigenvalue weighted by Crippen LogP contribution is -2.32. The van der Waals surface area contributed by atoms with Gasteiger partial charge in [-0.3, -0.25) is 0 Å². The number of ether oxygens (including phenoxy) is 1. The molecule has 0 unspecified atom stereocenters. The number of benzene rings is 6. The van der Waals surface area contributed by atoms with Crippen LogP contribution in [0.5, 0.6) is 11.6 Å². The Kier molecular flexibility index (Phi) is 9.77. The van der Waals surface area contributed by atoms with E-state index in [-0.39, 0.29) is 10.8 Å². The summed E-state index contributed by atoms with van der Waals surface area (Å²) in [5, 5.41) is 0. The molecule has 0 bridgehead atoms. The van der Waals surface area contributed by atoms with Crippen molar-refractivity contribution in [3.8, 4) is 11.6 Å². The fourth-order valence-electron chi connectivity index (χ4n) is 8.20. The summed E-state index contributed by atoms with van der Waals surface area (Å²) in [6, 6.07) is 57.4. The Morgan fingerprint density at radius 3 is 1.56 bits per heavy atom. The highest BCUT2D eigenvalue weighted by atomic mass is 16.5. The summed E-state index contributed by atoms with van der Waals surface area (Å²) >= 11 is 0. The highest BCUT2D eigenvalue weighted by Crippen LogP contribution is 2.51. The van der Waals surface area contributed by atoms with Gasteiger partial charge in [0.25, 0.3) is 0 Å². The lowest BCUT2D eigenvalue weighted by molar-refractivity contribution is 0.457. The van der Waals surface area contributed by atoms with Crippen LogP contribution in [0, 0.1) is 13.8 Å². The maximum Gasteiger partial charge on any atom is 0.219 e. The van der Waals surface area contributed by atoms with Crippen LogP contribution in [0.1, 0.15) is 86.1 Å². The molecule has 0 saturated heterocycles. The Hall–Kier alpha value is -6.13. The van der Waals surface area contributed by atoms with Crippen LogP contribution in [0.4, 0.5) is 22.7 Å². The zero-order valence-corrected chi connectivity index (χ0v) is 34.5. The van der Waals surface area contributed by atoms with Gasteiger partial charge in [-0.15, -0.1) is 0 Å². The van der Waals surface area contributed by atoms with E-state index in [0.29, 0.717) is 12.5 Å². The van der Waals surface area contributed by atoms with Gasteiger partial charge in [-0.05, 0) is 124 Å². The topological polar surface area (TPSA) is 28.6 Å². The first-order valence-corrected chi connectivity index (χ1v) is 20.1. The molecule has 4 nitrogen and oxygen atoms in total. The maximum absolute atomic E-state index is 6.63. The van der Waals surface area contributed by atoms with E-state index < -0.39 is 5.41 Å². The van der Waals surface area contributed by atoms with Gasteiger partial charge < -0.3 is 14.5 Å². The minimum absolute atomic E-state index is 0.0278. The van der Waals surface area contributed by atoms with Crippen molar-refractivity contribution in [2.75, 3.05) is 16.5 Å². The molecule has 0 fully saturated rings. The van der Waals surface area contributed by atoms with Crippen LogP contribution < -0.4 is 14.5 Å². The predicted molar refractivity (Wildman–Crippen MR) is 238 cm³/mol. The monoisotopic (exact) mass is 747 g/mol. The lowest BCUT2D eigenvalue weighted by atomic mass is 9.64. The Labute approximate surface area is 339 Å². The number of anilines is 4. The third kappa shape index (κ3) is 7.21. The molecule has 8 rings (SSSR count). The summed E-state index contributed by atoms with van der Waals surface area (Å²) < 4.78 is 6.63. The summed E-state index contributed by atoms with van der Waals surface area (Å²) in [6.45, 7) is 18.7. The quantitative estimate of drug-likeness (QED) is 0.145. The lowest BCUT2D eigenvalue weighted by Gasteiger charge is -2.38. The second kappa shape index (κ2) is 14.7. The van der Waals surface area contributed by atoms with Crippen LogP contribution in [0.3, 0.4) is 0 Å². The first-order chi connectivity index (χ1) is 27.3.